The molecular weight excluding hydrogens is 260 g/mol. The Balaban J connectivity index is 2.22. The summed E-state index contributed by atoms with van der Waals surface area (Å²) < 4.78 is 5.64. The van der Waals surface area contributed by atoms with Crippen molar-refractivity contribution >= 4 is 11.4 Å². The Kier molecular flexibility index (Phi) is 8.72. The minimum absolute atomic E-state index is 0.711. The van der Waals surface area contributed by atoms with E-state index in [-0.39, 0.29) is 0 Å². The molecule has 0 atom stereocenters. The highest BCUT2D eigenvalue weighted by molar-refractivity contribution is 5.61. The van der Waals surface area contributed by atoms with Gasteiger partial charge in [0.15, 0.2) is 0 Å². The Bertz CT molecular complexity index is 391. The van der Waals surface area contributed by atoms with Crippen LogP contribution in [0.15, 0.2) is 18.2 Å². The first kappa shape index (κ1) is 17.7. The fourth-order valence-electron chi connectivity index (χ4n) is 2.25. The van der Waals surface area contributed by atoms with Gasteiger partial charge in [-0.05, 0) is 30.9 Å². The van der Waals surface area contributed by atoms with Crippen LogP contribution in [0.5, 0.6) is 5.75 Å². The van der Waals surface area contributed by atoms with Crippen LogP contribution in [0, 0.1) is 5.92 Å². The minimum Gasteiger partial charge on any atom is -0.491 e. The number of hydrogen-bond donors (Lipinski definition) is 2. The summed E-state index contributed by atoms with van der Waals surface area (Å²) in [6.07, 6.45) is 7.56. The largest absolute Gasteiger partial charge is 0.491 e. The smallest absolute Gasteiger partial charge is 0.144 e. The molecule has 0 spiro atoms. The van der Waals surface area contributed by atoms with E-state index in [0.29, 0.717) is 12.3 Å². The molecule has 0 heterocycles. The number of rotatable bonds is 11. The number of benzene rings is 1. The van der Waals surface area contributed by atoms with Crippen molar-refractivity contribution in [2.45, 2.75) is 59.3 Å². The topological polar surface area (TPSA) is 47.3 Å². The Morgan fingerprint density at radius 2 is 1.90 bits per heavy atom. The SMILES string of the molecule is CCCOc1cc(NCCCCCCC(C)C)ccc1N. The van der Waals surface area contributed by atoms with Gasteiger partial charge in [-0.1, -0.05) is 46.5 Å². The van der Waals surface area contributed by atoms with Gasteiger partial charge in [-0.3, -0.25) is 0 Å². The lowest BCUT2D eigenvalue weighted by molar-refractivity contribution is 0.319. The minimum atomic E-state index is 0.711. The van der Waals surface area contributed by atoms with Gasteiger partial charge in [0.05, 0.1) is 12.3 Å². The van der Waals surface area contributed by atoms with Crippen molar-refractivity contribution in [2.75, 3.05) is 24.2 Å². The highest BCUT2D eigenvalue weighted by Gasteiger charge is 2.02. The molecule has 0 fully saturated rings. The van der Waals surface area contributed by atoms with Crippen LogP contribution in [0.4, 0.5) is 11.4 Å². The van der Waals surface area contributed by atoms with Gasteiger partial charge in [0.25, 0.3) is 0 Å². The first-order chi connectivity index (χ1) is 10.1. The number of unbranched alkanes of at least 4 members (excludes halogenated alkanes) is 3. The molecule has 0 saturated heterocycles. The number of anilines is 2. The maximum atomic E-state index is 5.91. The fraction of sp³-hybridized carbons (Fsp3) is 0.667. The highest BCUT2D eigenvalue weighted by atomic mass is 16.5. The Morgan fingerprint density at radius 3 is 2.62 bits per heavy atom. The van der Waals surface area contributed by atoms with Crippen LogP contribution < -0.4 is 15.8 Å². The lowest BCUT2D eigenvalue weighted by Crippen LogP contribution is -2.04. The zero-order chi connectivity index (χ0) is 15.5. The first-order valence-corrected chi connectivity index (χ1v) is 8.39. The molecule has 21 heavy (non-hydrogen) atoms. The van der Waals surface area contributed by atoms with Crippen LogP contribution in [-0.4, -0.2) is 13.2 Å². The van der Waals surface area contributed by atoms with Gasteiger partial charge < -0.3 is 15.8 Å². The van der Waals surface area contributed by atoms with Gasteiger partial charge in [0.2, 0.25) is 0 Å². The second-order valence-electron chi connectivity index (χ2n) is 6.12. The predicted octanol–water partition coefficient (Wildman–Crippen LogP) is 5.08. The molecule has 3 nitrogen and oxygen atoms in total. The molecule has 0 amide bonds. The Labute approximate surface area is 130 Å². The van der Waals surface area contributed by atoms with Crippen LogP contribution >= 0.6 is 0 Å². The lowest BCUT2D eigenvalue weighted by atomic mass is 10.0. The summed E-state index contributed by atoms with van der Waals surface area (Å²) in [7, 11) is 0. The van der Waals surface area contributed by atoms with Gasteiger partial charge in [-0.25, -0.2) is 0 Å². The summed E-state index contributed by atoms with van der Waals surface area (Å²) >= 11 is 0. The normalized spacial score (nSPS) is 10.9. The number of nitrogens with two attached hydrogens (primary N) is 1. The van der Waals surface area contributed by atoms with Crippen molar-refractivity contribution in [3.8, 4) is 5.75 Å². The maximum absolute atomic E-state index is 5.91. The van der Waals surface area contributed by atoms with Crippen LogP contribution in [0.25, 0.3) is 0 Å². The summed E-state index contributed by atoms with van der Waals surface area (Å²) in [5.41, 5.74) is 7.72. The standard InChI is InChI=1S/C18H32N2O/c1-4-13-21-18-14-16(10-11-17(18)19)20-12-8-6-5-7-9-15(2)3/h10-11,14-15,20H,4-9,12-13,19H2,1-3H3. The average Bonchev–Trinajstić information content (AvgIpc) is 2.46. The molecule has 0 bridgehead atoms. The van der Waals surface area contributed by atoms with Crippen LogP contribution in [-0.2, 0) is 0 Å². The Hall–Kier alpha value is -1.38. The Morgan fingerprint density at radius 1 is 1.14 bits per heavy atom. The summed E-state index contributed by atoms with van der Waals surface area (Å²) in [5.74, 6) is 1.62. The average molecular weight is 292 g/mol. The first-order valence-electron chi connectivity index (χ1n) is 8.39. The summed E-state index contributed by atoms with van der Waals surface area (Å²) in [6, 6.07) is 5.94. The van der Waals surface area contributed by atoms with Crippen molar-refractivity contribution in [3.63, 3.8) is 0 Å². The second kappa shape index (κ2) is 10.4. The zero-order valence-corrected chi connectivity index (χ0v) is 14.0. The highest BCUT2D eigenvalue weighted by Crippen LogP contribution is 2.25. The molecule has 3 heteroatoms. The van der Waals surface area contributed by atoms with E-state index in [4.69, 9.17) is 10.5 Å². The predicted molar refractivity (Wildman–Crippen MR) is 93.1 cm³/mol. The molecule has 1 rings (SSSR count). The molecule has 120 valence electrons. The molecule has 0 saturated carbocycles. The van der Waals surface area contributed by atoms with Gasteiger partial charge in [0.1, 0.15) is 5.75 Å². The molecule has 0 aliphatic carbocycles. The zero-order valence-electron chi connectivity index (χ0n) is 14.0. The molecule has 0 unspecified atom stereocenters. The third-order valence-electron chi connectivity index (χ3n) is 3.51. The number of hydrogen-bond acceptors (Lipinski definition) is 3. The quantitative estimate of drug-likeness (QED) is 0.442. The van der Waals surface area contributed by atoms with Crippen molar-refractivity contribution in [3.05, 3.63) is 18.2 Å². The van der Waals surface area contributed by atoms with Crippen LogP contribution in [0.2, 0.25) is 0 Å². The van der Waals surface area contributed by atoms with Gasteiger partial charge in [-0.15, -0.1) is 0 Å². The van der Waals surface area contributed by atoms with Crippen LogP contribution in [0.1, 0.15) is 59.3 Å². The molecule has 0 aromatic heterocycles. The van der Waals surface area contributed by atoms with E-state index >= 15 is 0 Å². The van der Waals surface area contributed by atoms with E-state index in [0.717, 1.165) is 30.3 Å². The summed E-state index contributed by atoms with van der Waals surface area (Å²) in [4.78, 5) is 0. The van der Waals surface area contributed by atoms with Crippen molar-refractivity contribution < 1.29 is 4.74 Å². The van der Waals surface area contributed by atoms with Gasteiger partial charge >= 0.3 is 0 Å². The third-order valence-corrected chi connectivity index (χ3v) is 3.51. The fourth-order valence-corrected chi connectivity index (χ4v) is 2.25. The number of nitrogens with one attached hydrogen (secondary N) is 1. The molecule has 0 aliphatic rings. The van der Waals surface area contributed by atoms with Gasteiger partial charge in [-0.2, -0.15) is 0 Å². The van der Waals surface area contributed by atoms with E-state index in [1.807, 2.05) is 18.2 Å². The maximum Gasteiger partial charge on any atom is 0.144 e. The van der Waals surface area contributed by atoms with E-state index < -0.39 is 0 Å². The molecular formula is C18H32N2O. The van der Waals surface area contributed by atoms with E-state index in [1.54, 1.807) is 0 Å². The molecule has 0 radical (unpaired) electrons. The molecule has 0 aliphatic heterocycles. The third kappa shape index (κ3) is 7.84. The molecule has 1 aromatic carbocycles. The van der Waals surface area contributed by atoms with Crippen LogP contribution in [0.3, 0.4) is 0 Å². The monoisotopic (exact) mass is 292 g/mol. The van der Waals surface area contributed by atoms with E-state index in [1.165, 1.54) is 32.1 Å². The van der Waals surface area contributed by atoms with Gasteiger partial charge in [0, 0.05) is 18.3 Å². The van der Waals surface area contributed by atoms with Crippen molar-refractivity contribution in [2.24, 2.45) is 5.92 Å². The summed E-state index contributed by atoms with van der Waals surface area (Å²) in [6.45, 7) is 8.40. The summed E-state index contributed by atoms with van der Waals surface area (Å²) in [5, 5.41) is 3.45. The lowest BCUT2D eigenvalue weighted by Gasteiger charge is -2.11. The molecule has 3 N–H and O–H groups in total. The molecule has 1 aromatic rings. The van der Waals surface area contributed by atoms with E-state index in [9.17, 15) is 0 Å². The van der Waals surface area contributed by atoms with Crippen molar-refractivity contribution in [1.29, 1.82) is 0 Å². The second-order valence-corrected chi connectivity index (χ2v) is 6.12. The number of ether oxygens (including phenoxy) is 1. The van der Waals surface area contributed by atoms with E-state index in [2.05, 4.69) is 26.1 Å². The van der Waals surface area contributed by atoms with Crippen molar-refractivity contribution in [1.82, 2.24) is 0 Å². The number of nitrogen functional groups attached to an aromatic ring is 1.